The number of carbonyl (C=O) groups is 2. The van der Waals surface area contributed by atoms with Gasteiger partial charge in [0.1, 0.15) is 6.10 Å². The number of methoxy groups -OCH3 is 2. The first kappa shape index (κ1) is 19.1. The summed E-state index contributed by atoms with van der Waals surface area (Å²) in [4.78, 5) is 28.1. The molecule has 0 aliphatic carbocycles. The Hall–Kier alpha value is -2.64. The van der Waals surface area contributed by atoms with Crippen molar-refractivity contribution in [3.8, 4) is 11.5 Å². The lowest BCUT2D eigenvalue weighted by molar-refractivity contribution is 0.121. The van der Waals surface area contributed by atoms with Crippen molar-refractivity contribution in [3.63, 3.8) is 0 Å². The van der Waals surface area contributed by atoms with Gasteiger partial charge < -0.3 is 24.4 Å². The van der Waals surface area contributed by atoms with Gasteiger partial charge in [-0.25, -0.2) is 9.59 Å². The minimum absolute atomic E-state index is 0.140. The third kappa shape index (κ3) is 4.04. The number of nitrogens with zero attached hydrogens (tertiary/aromatic N) is 2. The molecular weight excluding hydrogens is 350 g/mol. The molecule has 1 aromatic rings. The molecule has 0 aromatic heterocycles. The van der Waals surface area contributed by atoms with Crippen LogP contribution in [0, 0.1) is 0 Å². The molecule has 148 valence electrons. The van der Waals surface area contributed by atoms with Crippen molar-refractivity contribution >= 4 is 12.1 Å². The summed E-state index contributed by atoms with van der Waals surface area (Å²) < 4.78 is 16.1. The Labute approximate surface area is 159 Å². The Kier molecular flexibility index (Phi) is 5.08. The molecule has 0 bridgehead atoms. The van der Waals surface area contributed by atoms with Crippen LogP contribution in [-0.4, -0.2) is 66.9 Å². The predicted molar refractivity (Wildman–Crippen MR) is 99.0 cm³/mol. The van der Waals surface area contributed by atoms with Crippen LogP contribution in [0.3, 0.4) is 0 Å². The summed E-state index contributed by atoms with van der Waals surface area (Å²) in [6, 6.07) is 5.25. The Morgan fingerprint density at radius 3 is 2.56 bits per heavy atom. The first-order valence-electron chi connectivity index (χ1n) is 8.97. The van der Waals surface area contributed by atoms with Crippen LogP contribution in [0.2, 0.25) is 0 Å². The average molecular weight is 377 g/mol. The van der Waals surface area contributed by atoms with E-state index >= 15 is 0 Å². The maximum absolute atomic E-state index is 12.4. The van der Waals surface area contributed by atoms with Crippen LogP contribution in [0.1, 0.15) is 26.3 Å². The number of ether oxygens (including phenoxy) is 3. The van der Waals surface area contributed by atoms with E-state index in [0.29, 0.717) is 31.1 Å². The number of likely N-dealkylation sites (tertiary alicyclic amines) is 1. The number of hydrogen-bond acceptors (Lipinski definition) is 5. The smallest absolute Gasteiger partial charge is 0.410 e. The first-order chi connectivity index (χ1) is 12.7. The molecule has 2 fully saturated rings. The lowest BCUT2D eigenvalue weighted by Gasteiger charge is -2.27. The normalized spacial score (nSPS) is 21.7. The highest BCUT2D eigenvalue weighted by Gasteiger charge is 2.49. The molecule has 0 unspecified atom stereocenters. The maximum Gasteiger partial charge on any atom is 0.410 e. The third-order valence-electron chi connectivity index (χ3n) is 4.69. The molecule has 0 spiro atoms. The average Bonchev–Trinajstić information content (AvgIpc) is 3.12. The van der Waals surface area contributed by atoms with Crippen LogP contribution in [0.5, 0.6) is 11.5 Å². The summed E-state index contributed by atoms with van der Waals surface area (Å²) >= 11 is 0. The highest BCUT2D eigenvalue weighted by molar-refractivity contribution is 5.77. The topological polar surface area (TPSA) is 80.3 Å². The Morgan fingerprint density at radius 2 is 1.93 bits per heavy atom. The summed E-state index contributed by atoms with van der Waals surface area (Å²) in [7, 11) is 3.15. The lowest BCUT2D eigenvalue weighted by atomic mass is 10.1. The fourth-order valence-corrected chi connectivity index (χ4v) is 3.43. The number of rotatable bonds is 4. The van der Waals surface area contributed by atoms with E-state index in [2.05, 4.69) is 5.32 Å². The molecule has 2 aliphatic heterocycles. The van der Waals surface area contributed by atoms with E-state index in [-0.39, 0.29) is 29.8 Å². The van der Waals surface area contributed by atoms with Gasteiger partial charge in [0.05, 0.1) is 26.8 Å². The number of carbonyl (C=O) groups excluding carboxylic acids is 2. The fourth-order valence-electron chi connectivity index (χ4n) is 3.43. The van der Waals surface area contributed by atoms with E-state index in [9.17, 15) is 9.59 Å². The number of hydrogen-bond donors (Lipinski definition) is 1. The Morgan fingerprint density at radius 1 is 1.22 bits per heavy atom. The van der Waals surface area contributed by atoms with Gasteiger partial charge in [0.25, 0.3) is 0 Å². The van der Waals surface area contributed by atoms with Crippen molar-refractivity contribution in [2.75, 3.05) is 27.3 Å². The molecule has 2 saturated heterocycles. The van der Waals surface area contributed by atoms with E-state index < -0.39 is 0 Å². The van der Waals surface area contributed by atoms with Gasteiger partial charge in [0.2, 0.25) is 0 Å². The van der Waals surface area contributed by atoms with Crippen molar-refractivity contribution in [1.29, 1.82) is 0 Å². The van der Waals surface area contributed by atoms with E-state index in [1.807, 2.05) is 39.0 Å². The maximum atomic E-state index is 12.4. The van der Waals surface area contributed by atoms with Crippen molar-refractivity contribution in [2.24, 2.45) is 0 Å². The summed E-state index contributed by atoms with van der Waals surface area (Å²) in [5.74, 6) is 1.24. The van der Waals surface area contributed by atoms with Gasteiger partial charge in [-0.15, -0.1) is 0 Å². The van der Waals surface area contributed by atoms with Gasteiger partial charge in [-0.2, -0.15) is 0 Å². The molecule has 8 nitrogen and oxygen atoms in total. The molecule has 3 rings (SSSR count). The van der Waals surface area contributed by atoms with Crippen molar-refractivity contribution < 1.29 is 23.8 Å². The predicted octanol–water partition coefficient (Wildman–Crippen LogP) is 2.22. The second kappa shape index (κ2) is 7.17. The second-order valence-corrected chi connectivity index (χ2v) is 7.89. The lowest BCUT2D eigenvalue weighted by Crippen LogP contribution is -2.49. The van der Waals surface area contributed by atoms with Crippen LogP contribution >= 0.6 is 0 Å². The minimum Gasteiger partial charge on any atom is -0.493 e. The largest absolute Gasteiger partial charge is 0.493 e. The van der Waals surface area contributed by atoms with Crippen molar-refractivity contribution in [1.82, 2.24) is 15.1 Å². The van der Waals surface area contributed by atoms with Gasteiger partial charge in [-0.05, 0) is 38.5 Å². The zero-order chi connectivity index (χ0) is 19.8. The Bertz CT molecular complexity index is 731. The fraction of sp³-hybridized carbons (Fsp3) is 0.579. The summed E-state index contributed by atoms with van der Waals surface area (Å²) in [6.45, 7) is 7.04. The van der Waals surface area contributed by atoms with E-state index in [1.165, 1.54) is 0 Å². The summed E-state index contributed by atoms with van der Waals surface area (Å²) in [6.07, 6.45) is -0.654. The van der Waals surface area contributed by atoms with Gasteiger partial charge in [0, 0.05) is 18.6 Å². The third-order valence-corrected chi connectivity index (χ3v) is 4.69. The van der Waals surface area contributed by atoms with Gasteiger partial charge >= 0.3 is 12.1 Å². The van der Waals surface area contributed by atoms with Gasteiger partial charge in [-0.3, -0.25) is 4.90 Å². The zero-order valence-electron chi connectivity index (χ0n) is 16.4. The highest BCUT2D eigenvalue weighted by atomic mass is 16.6. The molecule has 2 heterocycles. The molecular formula is C19H27N3O5. The molecule has 8 heteroatoms. The minimum atomic E-state index is -0.351. The van der Waals surface area contributed by atoms with Crippen LogP contribution in [0.15, 0.2) is 18.2 Å². The molecule has 2 aliphatic rings. The van der Waals surface area contributed by atoms with Crippen molar-refractivity contribution in [3.05, 3.63) is 23.8 Å². The quantitative estimate of drug-likeness (QED) is 0.870. The van der Waals surface area contributed by atoms with Gasteiger partial charge in [0.15, 0.2) is 11.5 Å². The zero-order valence-corrected chi connectivity index (χ0v) is 16.4. The first-order valence-corrected chi connectivity index (χ1v) is 8.97. The number of urea groups is 1. The van der Waals surface area contributed by atoms with E-state index in [1.54, 1.807) is 24.0 Å². The van der Waals surface area contributed by atoms with Crippen LogP contribution in [0.25, 0.3) is 0 Å². The number of benzene rings is 1. The van der Waals surface area contributed by atoms with Crippen LogP contribution < -0.4 is 14.8 Å². The molecule has 27 heavy (non-hydrogen) atoms. The molecule has 2 atom stereocenters. The van der Waals surface area contributed by atoms with E-state index in [0.717, 1.165) is 5.56 Å². The molecule has 1 aromatic carbocycles. The summed E-state index contributed by atoms with van der Waals surface area (Å²) in [5.41, 5.74) is 0.591. The van der Waals surface area contributed by atoms with Crippen molar-refractivity contribution in [2.45, 2.75) is 45.0 Å². The summed E-state index contributed by atoms with van der Waals surface area (Å²) in [5, 5.41) is 2.95. The number of fused-ring (bicyclic) bond motifs is 1. The second-order valence-electron chi connectivity index (χ2n) is 7.89. The number of amides is 3. The molecule has 3 amide bonds. The molecule has 1 N–H and O–H groups in total. The monoisotopic (exact) mass is 377 g/mol. The SMILES string of the molecule is COc1ccc(CN2C(=O)O[C@H]3CN(C(=O)NC(C)(C)C)C[C@H]32)cc1OC. The Balaban J connectivity index is 1.70. The molecule has 0 radical (unpaired) electrons. The highest BCUT2D eigenvalue weighted by Crippen LogP contribution is 2.32. The van der Waals surface area contributed by atoms with Crippen LogP contribution in [0.4, 0.5) is 9.59 Å². The number of nitrogens with one attached hydrogen (secondary N) is 1. The van der Waals surface area contributed by atoms with Crippen LogP contribution in [-0.2, 0) is 11.3 Å². The van der Waals surface area contributed by atoms with Gasteiger partial charge in [-0.1, -0.05) is 6.07 Å². The van der Waals surface area contributed by atoms with E-state index in [4.69, 9.17) is 14.2 Å². The standard InChI is InChI=1S/C19H27N3O5/c1-19(2,3)20-17(23)21-10-13-16(11-21)27-18(24)22(13)9-12-6-7-14(25-4)15(8-12)26-5/h6-8,13,16H,9-11H2,1-5H3,(H,20,23)/t13-,16+/m1/s1. The molecule has 0 saturated carbocycles.